The van der Waals surface area contributed by atoms with Crippen LogP contribution in [0, 0.1) is 11.6 Å². The van der Waals surface area contributed by atoms with Crippen LogP contribution in [0.3, 0.4) is 0 Å². The van der Waals surface area contributed by atoms with Gasteiger partial charge in [-0.25, -0.2) is 13.8 Å². The monoisotopic (exact) mass is 331 g/mol. The van der Waals surface area contributed by atoms with Crippen molar-refractivity contribution in [3.8, 4) is 10.6 Å². The minimum Gasteiger partial charge on any atom is -0.346 e. The average molecular weight is 331 g/mol. The highest BCUT2D eigenvalue weighted by Gasteiger charge is 2.13. The zero-order valence-corrected chi connectivity index (χ0v) is 12.6. The molecule has 0 unspecified atom stereocenters. The molecule has 0 aliphatic rings. The second kappa shape index (κ2) is 6.62. The third-order valence-corrected chi connectivity index (χ3v) is 4.02. The zero-order chi connectivity index (χ0) is 16.2. The summed E-state index contributed by atoms with van der Waals surface area (Å²) in [6, 6.07) is 6.43. The summed E-state index contributed by atoms with van der Waals surface area (Å²) in [7, 11) is 0. The number of thiazole rings is 1. The van der Waals surface area contributed by atoms with E-state index in [2.05, 4.69) is 15.3 Å². The van der Waals surface area contributed by atoms with Crippen molar-refractivity contribution in [3.05, 3.63) is 71.0 Å². The Hall–Kier alpha value is -2.67. The van der Waals surface area contributed by atoms with Crippen LogP contribution in [0.5, 0.6) is 0 Å². The van der Waals surface area contributed by atoms with E-state index in [1.807, 2.05) is 12.1 Å². The molecule has 0 saturated heterocycles. The molecule has 0 spiro atoms. The minimum absolute atomic E-state index is 0.135. The summed E-state index contributed by atoms with van der Waals surface area (Å²) < 4.78 is 26.6. The molecular weight excluding hydrogens is 320 g/mol. The lowest BCUT2D eigenvalue weighted by molar-refractivity contribution is 0.0946. The van der Waals surface area contributed by atoms with E-state index in [-0.39, 0.29) is 12.1 Å². The molecule has 2 aromatic heterocycles. The predicted molar refractivity (Wildman–Crippen MR) is 82.9 cm³/mol. The summed E-state index contributed by atoms with van der Waals surface area (Å²) in [5, 5.41) is 5.14. The molecule has 7 heteroatoms. The van der Waals surface area contributed by atoms with Gasteiger partial charge in [-0.2, -0.15) is 0 Å². The molecule has 3 aromatic rings. The van der Waals surface area contributed by atoms with E-state index in [1.165, 1.54) is 11.3 Å². The second-order valence-electron chi connectivity index (χ2n) is 4.69. The van der Waals surface area contributed by atoms with Gasteiger partial charge in [-0.3, -0.25) is 9.78 Å². The number of aromatic nitrogens is 2. The van der Waals surface area contributed by atoms with Crippen LogP contribution in [0.4, 0.5) is 8.78 Å². The normalized spacial score (nSPS) is 10.5. The van der Waals surface area contributed by atoms with Gasteiger partial charge in [0, 0.05) is 23.3 Å². The molecule has 4 nitrogen and oxygen atoms in total. The number of nitrogens with one attached hydrogen (secondary N) is 1. The van der Waals surface area contributed by atoms with Crippen molar-refractivity contribution in [1.82, 2.24) is 15.3 Å². The highest BCUT2D eigenvalue weighted by molar-refractivity contribution is 7.13. The molecule has 23 heavy (non-hydrogen) atoms. The number of nitrogens with zero attached hydrogens (tertiary/aromatic N) is 2. The molecule has 3 rings (SSSR count). The lowest BCUT2D eigenvalue weighted by atomic mass is 10.2. The first kappa shape index (κ1) is 15.2. The van der Waals surface area contributed by atoms with Gasteiger partial charge in [-0.05, 0) is 30.3 Å². The third kappa shape index (κ3) is 3.57. The van der Waals surface area contributed by atoms with Crippen molar-refractivity contribution in [1.29, 1.82) is 0 Å². The Bertz CT molecular complexity index is 836. The molecule has 0 fully saturated rings. The first-order chi connectivity index (χ1) is 11.1. The summed E-state index contributed by atoms with van der Waals surface area (Å²) in [6.45, 7) is 0.135. The molecular formula is C16H11F2N3OS. The first-order valence-electron chi connectivity index (χ1n) is 6.71. The highest BCUT2D eigenvalue weighted by atomic mass is 32.1. The van der Waals surface area contributed by atoms with Crippen LogP contribution >= 0.6 is 11.3 Å². The number of benzene rings is 1. The van der Waals surface area contributed by atoms with Crippen LogP contribution in [0.15, 0.2) is 48.1 Å². The number of hydrogen-bond acceptors (Lipinski definition) is 4. The standard InChI is InChI=1S/C16H11F2N3OS/c17-11-1-2-14(18)13(7-11)15(22)20-8-12-9-23-16(21-12)10-3-5-19-6-4-10/h1-7,9H,8H2,(H,20,22). The van der Waals surface area contributed by atoms with E-state index < -0.39 is 17.5 Å². The van der Waals surface area contributed by atoms with Crippen molar-refractivity contribution in [2.24, 2.45) is 0 Å². The van der Waals surface area contributed by atoms with Gasteiger partial charge in [0.2, 0.25) is 0 Å². The first-order valence-corrected chi connectivity index (χ1v) is 7.59. The number of amides is 1. The van der Waals surface area contributed by atoms with E-state index in [4.69, 9.17) is 0 Å². The van der Waals surface area contributed by atoms with Crippen molar-refractivity contribution < 1.29 is 13.6 Å². The lowest BCUT2D eigenvalue weighted by Gasteiger charge is -2.04. The van der Waals surface area contributed by atoms with Gasteiger partial charge < -0.3 is 5.32 Å². The maximum absolute atomic E-state index is 13.5. The van der Waals surface area contributed by atoms with Crippen molar-refractivity contribution in [2.75, 3.05) is 0 Å². The van der Waals surface area contributed by atoms with Crippen LogP contribution in [0.2, 0.25) is 0 Å². The second-order valence-corrected chi connectivity index (χ2v) is 5.54. The van der Waals surface area contributed by atoms with Crippen molar-refractivity contribution >= 4 is 17.2 Å². The van der Waals surface area contributed by atoms with E-state index >= 15 is 0 Å². The molecule has 0 aliphatic carbocycles. The van der Waals surface area contributed by atoms with Gasteiger partial charge in [-0.15, -0.1) is 11.3 Å². The number of rotatable bonds is 4. The molecule has 0 radical (unpaired) electrons. The topological polar surface area (TPSA) is 54.9 Å². The lowest BCUT2D eigenvalue weighted by Crippen LogP contribution is -2.24. The van der Waals surface area contributed by atoms with Crippen LogP contribution in [-0.4, -0.2) is 15.9 Å². The van der Waals surface area contributed by atoms with Crippen LogP contribution in [-0.2, 0) is 6.54 Å². The summed E-state index contributed by atoms with van der Waals surface area (Å²) in [4.78, 5) is 20.3. The molecule has 0 atom stereocenters. The zero-order valence-electron chi connectivity index (χ0n) is 11.8. The van der Waals surface area contributed by atoms with E-state index in [0.717, 1.165) is 28.8 Å². The Labute approximate surface area is 134 Å². The SMILES string of the molecule is O=C(NCc1csc(-c2ccncc2)n1)c1cc(F)ccc1F. The number of hydrogen-bond donors (Lipinski definition) is 1. The summed E-state index contributed by atoms with van der Waals surface area (Å²) in [5.74, 6) is -2.11. The Morgan fingerprint density at radius 2 is 1.96 bits per heavy atom. The maximum Gasteiger partial charge on any atom is 0.254 e. The third-order valence-electron chi connectivity index (χ3n) is 3.08. The summed E-state index contributed by atoms with van der Waals surface area (Å²) in [6.07, 6.45) is 3.34. The van der Waals surface area contributed by atoms with Gasteiger partial charge >= 0.3 is 0 Å². The van der Waals surface area contributed by atoms with Crippen molar-refractivity contribution in [2.45, 2.75) is 6.54 Å². The minimum atomic E-state index is -0.764. The fraction of sp³-hybridized carbons (Fsp3) is 0.0625. The van der Waals surface area contributed by atoms with Crippen LogP contribution in [0.25, 0.3) is 10.6 Å². The maximum atomic E-state index is 13.5. The van der Waals surface area contributed by atoms with Crippen LogP contribution < -0.4 is 5.32 Å². The molecule has 1 amide bonds. The van der Waals surface area contributed by atoms with E-state index in [9.17, 15) is 13.6 Å². The quantitative estimate of drug-likeness (QED) is 0.797. The van der Waals surface area contributed by atoms with Gasteiger partial charge in [0.1, 0.15) is 16.6 Å². The molecule has 1 aromatic carbocycles. The van der Waals surface area contributed by atoms with Gasteiger partial charge in [0.25, 0.3) is 5.91 Å². The molecule has 0 bridgehead atoms. The Morgan fingerprint density at radius 3 is 2.74 bits per heavy atom. The van der Waals surface area contributed by atoms with Gasteiger partial charge in [0.15, 0.2) is 0 Å². The number of halogens is 2. The molecule has 2 heterocycles. The van der Waals surface area contributed by atoms with Crippen molar-refractivity contribution in [3.63, 3.8) is 0 Å². The van der Waals surface area contributed by atoms with E-state index in [1.54, 1.807) is 17.8 Å². The largest absolute Gasteiger partial charge is 0.346 e. The molecule has 0 saturated carbocycles. The van der Waals surface area contributed by atoms with Gasteiger partial charge in [0.05, 0.1) is 17.8 Å². The Morgan fingerprint density at radius 1 is 1.17 bits per heavy atom. The summed E-state index contributed by atoms with van der Waals surface area (Å²) >= 11 is 1.43. The average Bonchev–Trinajstić information content (AvgIpc) is 3.05. The fourth-order valence-corrected chi connectivity index (χ4v) is 2.78. The molecule has 1 N–H and O–H groups in total. The Balaban J connectivity index is 1.68. The number of carbonyl (C=O) groups excluding carboxylic acids is 1. The number of carbonyl (C=O) groups is 1. The Kier molecular flexibility index (Phi) is 4.38. The number of pyridine rings is 1. The predicted octanol–water partition coefficient (Wildman–Crippen LogP) is 3.41. The fourth-order valence-electron chi connectivity index (χ4n) is 1.95. The van der Waals surface area contributed by atoms with Crippen LogP contribution in [0.1, 0.15) is 16.1 Å². The highest BCUT2D eigenvalue weighted by Crippen LogP contribution is 2.22. The smallest absolute Gasteiger partial charge is 0.254 e. The van der Waals surface area contributed by atoms with Gasteiger partial charge in [-0.1, -0.05) is 0 Å². The summed E-state index contributed by atoms with van der Waals surface area (Å²) in [5.41, 5.74) is 1.25. The molecule has 0 aliphatic heterocycles. The van der Waals surface area contributed by atoms with E-state index in [0.29, 0.717) is 5.69 Å². The molecule has 116 valence electrons.